The van der Waals surface area contributed by atoms with Crippen molar-refractivity contribution in [2.24, 2.45) is 11.8 Å². The van der Waals surface area contributed by atoms with Crippen LogP contribution < -0.4 is 0 Å². The lowest BCUT2D eigenvalue weighted by atomic mass is 9.74. The van der Waals surface area contributed by atoms with E-state index in [1.165, 1.54) is 6.42 Å². The van der Waals surface area contributed by atoms with Crippen molar-refractivity contribution in [1.29, 1.82) is 0 Å². The van der Waals surface area contributed by atoms with Crippen LogP contribution in [0.15, 0.2) is 42.0 Å². The molecule has 0 amide bonds. The van der Waals surface area contributed by atoms with Gasteiger partial charge in [-0.15, -0.1) is 0 Å². The molecule has 1 aromatic carbocycles. The first-order chi connectivity index (χ1) is 10.6. The highest BCUT2D eigenvalue weighted by molar-refractivity contribution is 5.95. The second kappa shape index (κ2) is 7.78. The minimum absolute atomic E-state index is 0.0308. The van der Waals surface area contributed by atoms with Crippen molar-refractivity contribution < 1.29 is 19.8 Å². The minimum atomic E-state index is -1.19. The molecule has 0 radical (unpaired) electrons. The summed E-state index contributed by atoms with van der Waals surface area (Å²) in [6.45, 7) is 0. The smallest absolute Gasteiger partial charge is 0.332 e. The highest BCUT2D eigenvalue weighted by atomic mass is 16.4. The average Bonchev–Trinajstić information content (AvgIpc) is 2.52. The monoisotopic (exact) mass is 302 g/mol. The summed E-state index contributed by atoms with van der Waals surface area (Å²) in [7, 11) is 0. The molecule has 1 atom stereocenters. The fourth-order valence-electron chi connectivity index (χ4n) is 3.40. The lowest BCUT2D eigenvalue weighted by molar-refractivity contribution is -0.135. The van der Waals surface area contributed by atoms with Crippen molar-refractivity contribution in [2.45, 2.75) is 38.5 Å². The summed E-state index contributed by atoms with van der Waals surface area (Å²) in [6, 6.07) is 9.71. The number of carboxylic acid groups (broad SMARTS) is 2. The van der Waals surface area contributed by atoms with E-state index in [9.17, 15) is 14.7 Å². The van der Waals surface area contributed by atoms with E-state index in [0.717, 1.165) is 37.3 Å². The van der Waals surface area contributed by atoms with Gasteiger partial charge in [0.1, 0.15) is 0 Å². The Morgan fingerprint density at radius 2 is 1.73 bits per heavy atom. The Hall–Kier alpha value is -2.10. The van der Waals surface area contributed by atoms with Gasteiger partial charge in [-0.05, 0) is 36.7 Å². The summed E-state index contributed by atoms with van der Waals surface area (Å²) in [5.41, 5.74) is 1.08. The molecule has 4 heteroatoms. The van der Waals surface area contributed by atoms with Crippen LogP contribution in [0.25, 0.3) is 0 Å². The second-order valence-electron chi connectivity index (χ2n) is 5.94. The van der Waals surface area contributed by atoms with Crippen LogP contribution in [-0.4, -0.2) is 22.2 Å². The van der Waals surface area contributed by atoms with Crippen LogP contribution in [0, 0.1) is 11.8 Å². The SMILES string of the molecule is O=C(O)C=C(C(=O)O)C(Cc1ccccc1)C1CCCCC1. The van der Waals surface area contributed by atoms with Gasteiger partial charge >= 0.3 is 11.9 Å². The van der Waals surface area contributed by atoms with E-state index >= 15 is 0 Å². The average molecular weight is 302 g/mol. The zero-order valence-corrected chi connectivity index (χ0v) is 12.6. The Balaban J connectivity index is 2.30. The molecule has 0 aromatic heterocycles. The van der Waals surface area contributed by atoms with E-state index in [-0.39, 0.29) is 17.4 Å². The Morgan fingerprint density at radius 1 is 1.09 bits per heavy atom. The van der Waals surface area contributed by atoms with Crippen molar-refractivity contribution in [1.82, 2.24) is 0 Å². The molecule has 118 valence electrons. The van der Waals surface area contributed by atoms with E-state index in [0.29, 0.717) is 6.42 Å². The molecule has 22 heavy (non-hydrogen) atoms. The van der Waals surface area contributed by atoms with Crippen molar-refractivity contribution in [3.05, 3.63) is 47.5 Å². The van der Waals surface area contributed by atoms with Crippen LogP contribution >= 0.6 is 0 Å². The number of benzene rings is 1. The fourth-order valence-corrected chi connectivity index (χ4v) is 3.40. The van der Waals surface area contributed by atoms with Gasteiger partial charge in [0.2, 0.25) is 0 Å². The van der Waals surface area contributed by atoms with Gasteiger partial charge in [0, 0.05) is 11.6 Å². The molecule has 4 nitrogen and oxygen atoms in total. The molecule has 1 aliphatic rings. The molecule has 0 aliphatic heterocycles. The molecular weight excluding hydrogens is 280 g/mol. The Bertz CT molecular complexity index is 541. The highest BCUT2D eigenvalue weighted by Crippen LogP contribution is 2.36. The topological polar surface area (TPSA) is 74.6 Å². The van der Waals surface area contributed by atoms with Gasteiger partial charge in [0.15, 0.2) is 0 Å². The third-order valence-corrected chi connectivity index (χ3v) is 4.44. The molecule has 1 aromatic rings. The standard InChI is InChI=1S/C18H22O4/c19-17(20)12-16(18(21)22)15(14-9-5-2-6-10-14)11-13-7-3-1-4-8-13/h1,3-4,7-8,12,14-15H,2,5-6,9-11H2,(H,19,20)(H,21,22). The maximum atomic E-state index is 11.6. The van der Waals surface area contributed by atoms with E-state index in [1.807, 2.05) is 30.3 Å². The molecule has 0 saturated heterocycles. The zero-order valence-electron chi connectivity index (χ0n) is 12.6. The van der Waals surface area contributed by atoms with Crippen LogP contribution in [0.3, 0.4) is 0 Å². The van der Waals surface area contributed by atoms with Crippen LogP contribution in [0.5, 0.6) is 0 Å². The number of rotatable bonds is 6. The Kier molecular flexibility index (Phi) is 5.75. The van der Waals surface area contributed by atoms with E-state index in [4.69, 9.17) is 5.11 Å². The molecule has 1 unspecified atom stereocenters. The lowest BCUT2D eigenvalue weighted by Gasteiger charge is -2.31. The van der Waals surface area contributed by atoms with Gasteiger partial charge < -0.3 is 10.2 Å². The quantitative estimate of drug-likeness (QED) is 0.788. The predicted octanol–water partition coefficient (Wildman–Crippen LogP) is 3.52. The molecule has 0 bridgehead atoms. The molecule has 1 aliphatic carbocycles. The minimum Gasteiger partial charge on any atom is -0.478 e. The number of carboxylic acids is 2. The predicted molar refractivity (Wildman–Crippen MR) is 83.6 cm³/mol. The molecule has 1 saturated carbocycles. The van der Waals surface area contributed by atoms with Gasteiger partial charge in [0.05, 0.1) is 0 Å². The fraction of sp³-hybridized carbons (Fsp3) is 0.444. The number of aliphatic carboxylic acids is 2. The van der Waals surface area contributed by atoms with Crippen molar-refractivity contribution in [3.8, 4) is 0 Å². The van der Waals surface area contributed by atoms with Crippen molar-refractivity contribution >= 4 is 11.9 Å². The van der Waals surface area contributed by atoms with Gasteiger partial charge in [-0.1, -0.05) is 49.6 Å². The van der Waals surface area contributed by atoms with E-state index in [1.54, 1.807) is 0 Å². The molecule has 0 spiro atoms. The zero-order chi connectivity index (χ0) is 15.9. The van der Waals surface area contributed by atoms with E-state index < -0.39 is 11.9 Å². The second-order valence-corrected chi connectivity index (χ2v) is 5.94. The van der Waals surface area contributed by atoms with Gasteiger partial charge in [0.25, 0.3) is 0 Å². The van der Waals surface area contributed by atoms with Crippen LogP contribution in [0.1, 0.15) is 37.7 Å². The number of hydrogen-bond acceptors (Lipinski definition) is 2. The van der Waals surface area contributed by atoms with Crippen LogP contribution in [0.4, 0.5) is 0 Å². The summed E-state index contributed by atoms with van der Waals surface area (Å²) in [5, 5.41) is 18.5. The van der Waals surface area contributed by atoms with Gasteiger partial charge in [-0.25, -0.2) is 9.59 Å². The summed E-state index contributed by atoms with van der Waals surface area (Å²) < 4.78 is 0. The largest absolute Gasteiger partial charge is 0.478 e. The number of hydrogen-bond donors (Lipinski definition) is 2. The Labute approximate surface area is 130 Å². The van der Waals surface area contributed by atoms with Crippen molar-refractivity contribution in [2.75, 3.05) is 0 Å². The normalized spacial score (nSPS) is 17.9. The highest BCUT2D eigenvalue weighted by Gasteiger charge is 2.30. The lowest BCUT2D eigenvalue weighted by Crippen LogP contribution is -2.26. The third kappa shape index (κ3) is 4.45. The maximum Gasteiger partial charge on any atom is 0.332 e. The van der Waals surface area contributed by atoms with Crippen LogP contribution in [-0.2, 0) is 16.0 Å². The summed E-state index contributed by atoms with van der Waals surface area (Å²) >= 11 is 0. The molecule has 1 fully saturated rings. The first-order valence-corrected chi connectivity index (χ1v) is 7.79. The molecule has 2 rings (SSSR count). The third-order valence-electron chi connectivity index (χ3n) is 4.44. The summed E-state index contributed by atoms with van der Waals surface area (Å²) in [6.07, 6.45) is 6.77. The van der Waals surface area contributed by atoms with Gasteiger partial charge in [-0.2, -0.15) is 0 Å². The number of carbonyl (C=O) groups is 2. The summed E-state index contributed by atoms with van der Waals surface area (Å²) in [4.78, 5) is 22.6. The van der Waals surface area contributed by atoms with Crippen LogP contribution in [0.2, 0.25) is 0 Å². The van der Waals surface area contributed by atoms with Gasteiger partial charge in [-0.3, -0.25) is 0 Å². The first kappa shape index (κ1) is 16.3. The molecule has 2 N–H and O–H groups in total. The molecular formula is C18H22O4. The Morgan fingerprint density at radius 3 is 2.27 bits per heavy atom. The molecule has 0 heterocycles. The first-order valence-electron chi connectivity index (χ1n) is 7.79. The van der Waals surface area contributed by atoms with E-state index in [2.05, 4.69) is 0 Å². The van der Waals surface area contributed by atoms with Crippen molar-refractivity contribution in [3.63, 3.8) is 0 Å². The summed E-state index contributed by atoms with van der Waals surface area (Å²) in [5.74, 6) is -2.30. The maximum absolute atomic E-state index is 11.6.